The van der Waals surface area contributed by atoms with E-state index in [1.807, 2.05) is 0 Å². The van der Waals surface area contributed by atoms with Crippen molar-refractivity contribution in [3.05, 3.63) is 72.8 Å². The first-order chi connectivity index (χ1) is 33.7. The van der Waals surface area contributed by atoms with Crippen LogP contribution in [-0.2, 0) is 52.6 Å². The molecule has 21 heteroatoms. The molecule has 0 aliphatic heterocycles. The summed E-state index contributed by atoms with van der Waals surface area (Å²) >= 11 is 0. The van der Waals surface area contributed by atoms with Crippen LogP contribution in [0.5, 0.6) is 17.2 Å². The van der Waals surface area contributed by atoms with Crippen molar-refractivity contribution >= 4 is 64.2 Å². The smallest absolute Gasteiger partial charge is 0.226 e. The van der Waals surface area contributed by atoms with E-state index in [0.29, 0.717) is 17.1 Å². The average molecular weight is 992 g/mol. The van der Waals surface area contributed by atoms with Crippen LogP contribution in [-0.4, -0.2) is 127 Å². The zero-order valence-electron chi connectivity index (χ0n) is 40.9. The van der Waals surface area contributed by atoms with E-state index in [1.54, 1.807) is 27.7 Å². The molecule has 0 fully saturated rings. The van der Waals surface area contributed by atoms with Crippen molar-refractivity contribution in [1.82, 2.24) is 21.3 Å². The van der Waals surface area contributed by atoms with Crippen LogP contribution in [0.1, 0.15) is 79.1 Å². The second-order valence-corrected chi connectivity index (χ2v) is 18.0. The maximum Gasteiger partial charge on any atom is 0.226 e. The first kappa shape index (κ1) is 58.2. The number of carbonyl (C=O) groups is 8. The number of phenols is 3. The number of ketones is 1. The van der Waals surface area contributed by atoms with Crippen LogP contribution >= 0.6 is 0 Å². The summed E-state index contributed by atoms with van der Waals surface area (Å²) in [5, 5.41) is 47.3. The third-order valence-corrected chi connectivity index (χ3v) is 10.3. The van der Waals surface area contributed by atoms with Gasteiger partial charge in [0, 0.05) is 93.5 Å². The molecule has 3 aromatic carbocycles. The average Bonchev–Trinajstić information content (AvgIpc) is 3.30. The summed E-state index contributed by atoms with van der Waals surface area (Å²) < 4.78 is 17.9. The van der Waals surface area contributed by atoms with Crippen molar-refractivity contribution in [3.8, 4) is 17.2 Å². The molecule has 0 spiro atoms. The van der Waals surface area contributed by atoms with Gasteiger partial charge in [-0.1, -0.05) is 27.7 Å². The molecular weight excluding hydrogens is 923 g/mol. The summed E-state index contributed by atoms with van der Waals surface area (Å²) in [4.78, 5) is 102. The lowest BCUT2D eigenvalue weighted by Crippen LogP contribution is -2.59. The van der Waals surface area contributed by atoms with E-state index < -0.39 is 34.6 Å². The minimum Gasteiger partial charge on any atom is -0.508 e. The van der Waals surface area contributed by atoms with Crippen LogP contribution in [0.15, 0.2) is 72.8 Å². The molecular formula is C50H69N7O14. The van der Waals surface area contributed by atoms with Gasteiger partial charge in [0.05, 0.1) is 39.6 Å². The van der Waals surface area contributed by atoms with Crippen LogP contribution in [0.3, 0.4) is 0 Å². The monoisotopic (exact) mass is 991 g/mol. The predicted octanol–water partition coefficient (Wildman–Crippen LogP) is 3.64. The molecule has 1 atom stereocenters. The number of Topliss-reactive ketones (excluding diaryl/α,β-unsaturated/α-hetero) is 1. The van der Waals surface area contributed by atoms with Crippen LogP contribution in [0.4, 0.5) is 17.1 Å². The highest BCUT2D eigenvalue weighted by Gasteiger charge is 2.35. The molecule has 10 N–H and O–H groups in total. The fraction of sp³-hybridized carbons (Fsp3) is 0.480. The number of amides is 7. The molecule has 7 amide bonds. The Morgan fingerprint density at radius 1 is 0.451 bits per heavy atom. The van der Waals surface area contributed by atoms with E-state index in [-0.39, 0.29) is 157 Å². The molecule has 0 saturated heterocycles. The molecule has 0 aromatic heterocycles. The number of phenolic OH excluding ortho intramolecular Hbond substituents is 3. The molecule has 3 aromatic rings. The topological polar surface area (TPSA) is 309 Å². The standard InChI is InChI=1S/C50H69N7O14/c1-34(29-41(61)49(2,3)4)30-48(68)57-50(31-69-26-20-42(62)51-23-17-45(65)54-35-5-11-38(58)12-6-35,32-70-27-21-43(63)52-24-18-46(66)55-36-7-13-39(59)14-8-36)33-71-28-22-44(64)53-25-19-47(67)56-37-9-15-40(60)16-10-37/h5-16,34,58-60H,17-33H2,1-4H3,(H,51,62)(H,52,63)(H,53,64)(H,54,65)(H,55,66)(H,56,67)(H,57,68). The summed E-state index contributed by atoms with van der Waals surface area (Å²) in [6.07, 6.45) is -0.383. The van der Waals surface area contributed by atoms with Gasteiger partial charge in [-0.25, -0.2) is 0 Å². The fourth-order valence-electron chi connectivity index (χ4n) is 6.40. The number of nitrogens with one attached hydrogen (secondary N) is 7. The van der Waals surface area contributed by atoms with Crippen molar-refractivity contribution in [2.24, 2.45) is 11.3 Å². The molecule has 0 radical (unpaired) electrons. The van der Waals surface area contributed by atoms with E-state index in [2.05, 4.69) is 37.2 Å². The SMILES string of the molecule is CC(CC(=O)NC(COCCC(=O)NCCC(=O)Nc1ccc(O)cc1)(COCCC(=O)NCCC(=O)Nc1ccc(O)cc1)COCCC(=O)NCCC(=O)Nc1ccc(O)cc1)CC(=O)C(C)(C)C. The van der Waals surface area contributed by atoms with Crippen LogP contribution in [0.25, 0.3) is 0 Å². The number of hydrogen-bond donors (Lipinski definition) is 10. The maximum atomic E-state index is 13.7. The van der Waals surface area contributed by atoms with E-state index >= 15 is 0 Å². The number of rotatable bonds is 32. The Morgan fingerprint density at radius 3 is 1.06 bits per heavy atom. The summed E-state index contributed by atoms with van der Waals surface area (Å²) in [6, 6.07) is 17.8. The Hall–Kier alpha value is -7.10. The van der Waals surface area contributed by atoms with Crippen molar-refractivity contribution in [2.45, 2.75) is 84.6 Å². The Labute approximate surface area is 413 Å². The van der Waals surface area contributed by atoms with Gasteiger partial charge < -0.3 is 66.7 Å². The molecule has 3 rings (SSSR count). The van der Waals surface area contributed by atoms with Crippen LogP contribution in [0.2, 0.25) is 0 Å². The van der Waals surface area contributed by atoms with E-state index in [9.17, 15) is 53.7 Å². The molecule has 0 aliphatic carbocycles. The summed E-state index contributed by atoms with van der Waals surface area (Å²) in [5.74, 6) is -3.04. The van der Waals surface area contributed by atoms with E-state index in [0.717, 1.165) is 0 Å². The zero-order valence-corrected chi connectivity index (χ0v) is 40.9. The van der Waals surface area contributed by atoms with Gasteiger partial charge in [0.15, 0.2) is 0 Å². The Bertz CT molecular complexity index is 1990. The Kier molecular flexibility index (Phi) is 25.0. The van der Waals surface area contributed by atoms with Gasteiger partial charge in [0.2, 0.25) is 41.4 Å². The number of ether oxygens (including phenoxy) is 3. The molecule has 0 aliphatic rings. The third-order valence-electron chi connectivity index (χ3n) is 10.3. The zero-order chi connectivity index (χ0) is 52.2. The normalized spacial score (nSPS) is 11.7. The lowest BCUT2D eigenvalue weighted by Gasteiger charge is -2.34. The lowest BCUT2D eigenvalue weighted by atomic mass is 9.84. The molecule has 1 unspecified atom stereocenters. The third kappa shape index (κ3) is 25.4. The Morgan fingerprint density at radius 2 is 0.761 bits per heavy atom. The molecule has 0 bridgehead atoms. The highest BCUT2D eigenvalue weighted by Crippen LogP contribution is 2.22. The van der Waals surface area contributed by atoms with Gasteiger partial charge >= 0.3 is 0 Å². The van der Waals surface area contributed by atoms with Gasteiger partial charge in [-0.3, -0.25) is 38.4 Å². The van der Waals surface area contributed by atoms with Gasteiger partial charge in [-0.05, 0) is 78.7 Å². The van der Waals surface area contributed by atoms with Crippen molar-refractivity contribution in [3.63, 3.8) is 0 Å². The summed E-state index contributed by atoms with van der Waals surface area (Å²) in [7, 11) is 0. The van der Waals surface area contributed by atoms with Crippen LogP contribution < -0.4 is 37.2 Å². The Balaban J connectivity index is 1.63. The van der Waals surface area contributed by atoms with Crippen molar-refractivity contribution in [2.75, 3.05) is 75.2 Å². The quantitative estimate of drug-likeness (QED) is 0.0316. The molecule has 21 nitrogen and oxygen atoms in total. The number of benzene rings is 3. The summed E-state index contributed by atoms with van der Waals surface area (Å²) in [6.45, 7) is 6.06. The number of carbonyl (C=O) groups excluding carboxylic acids is 8. The van der Waals surface area contributed by atoms with Crippen molar-refractivity contribution in [1.29, 1.82) is 0 Å². The number of aromatic hydroxyl groups is 3. The fourth-order valence-corrected chi connectivity index (χ4v) is 6.40. The number of hydrogen-bond acceptors (Lipinski definition) is 14. The van der Waals surface area contributed by atoms with Crippen LogP contribution in [0, 0.1) is 11.3 Å². The predicted molar refractivity (Wildman–Crippen MR) is 263 cm³/mol. The highest BCUT2D eigenvalue weighted by atomic mass is 16.5. The second kappa shape index (κ2) is 30.5. The van der Waals surface area contributed by atoms with E-state index in [1.165, 1.54) is 72.8 Å². The first-order valence-electron chi connectivity index (χ1n) is 23.3. The van der Waals surface area contributed by atoms with Gasteiger partial charge in [-0.2, -0.15) is 0 Å². The minimum atomic E-state index is -1.45. The molecule has 388 valence electrons. The van der Waals surface area contributed by atoms with Gasteiger partial charge in [0.25, 0.3) is 0 Å². The molecule has 0 heterocycles. The minimum absolute atomic E-state index is 0.0252. The van der Waals surface area contributed by atoms with Gasteiger partial charge in [0.1, 0.15) is 28.6 Å². The highest BCUT2D eigenvalue weighted by molar-refractivity contribution is 5.92. The summed E-state index contributed by atoms with van der Waals surface area (Å²) in [5.41, 5.74) is -0.630. The van der Waals surface area contributed by atoms with E-state index in [4.69, 9.17) is 14.2 Å². The largest absolute Gasteiger partial charge is 0.508 e. The van der Waals surface area contributed by atoms with Crippen molar-refractivity contribution < 1.29 is 67.9 Å². The first-order valence-corrected chi connectivity index (χ1v) is 23.3. The number of anilines is 3. The van der Waals surface area contributed by atoms with Gasteiger partial charge in [-0.15, -0.1) is 0 Å². The molecule has 71 heavy (non-hydrogen) atoms. The second-order valence-electron chi connectivity index (χ2n) is 18.0. The maximum absolute atomic E-state index is 13.7. The molecule has 0 saturated carbocycles. The lowest BCUT2D eigenvalue weighted by molar-refractivity contribution is -0.132.